The summed E-state index contributed by atoms with van der Waals surface area (Å²) in [6.45, 7) is 5.80. The molecule has 0 fully saturated rings. The van der Waals surface area contributed by atoms with Gasteiger partial charge in [-0.05, 0) is 24.6 Å². The van der Waals surface area contributed by atoms with Crippen molar-refractivity contribution in [2.45, 2.75) is 6.92 Å². The van der Waals surface area contributed by atoms with E-state index < -0.39 is 0 Å². The number of fused-ring (bicyclic) bond motifs is 1. The second-order valence-electron chi connectivity index (χ2n) is 2.87. The average molecular weight is 158 g/mol. The number of allylic oxidation sites excluding steroid dienone is 1. The number of hydrogen-bond acceptors (Lipinski definition) is 1. The lowest BCUT2D eigenvalue weighted by atomic mass is 10.3. The van der Waals surface area contributed by atoms with Crippen LogP contribution in [0.3, 0.4) is 0 Å². The molecule has 60 valence electrons. The number of pyridine rings is 1. The van der Waals surface area contributed by atoms with Gasteiger partial charge in [-0.3, -0.25) is 0 Å². The summed E-state index contributed by atoms with van der Waals surface area (Å²) in [5.41, 5.74) is 2.93. The van der Waals surface area contributed by atoms with E-state index in [1.807, 2.05) is 41.9 Å². The molecule has 0 aliphatic heterocycles. The highest BCUT2D eigenvalue weighted by atomic mass is 15.0. The van der Waals surface area contributed by atoms with Crippen molar-refractivity contribution in [1.82, 2.24) is 9.38 Å². The van der Waals surface area contributed by atoms with Gasteiger partial charge in [0.05, 0.1) is 5.69 Å². The van der Waals surface area contributed by atoms with Gasteiger partial charge in [-0.1, -0.05) is 12.6 Å². The van der Waals surface area contributed by atoms with Crippen LogP contribution in [0.25, 0.3) is 11.2 Å². The van der Waals surface area contributed by atoms with Gasteiger partial charge in [-0.25, -0.2) is 4.98 Å². The molecular weight excluding hydrogens is 148 g/mol. The highest BCUT2D eigenvalue weighted by Gasteiger charge is 1.99. The van der Waals surface area contributed by atoms with Crippen LogP contribution >= 0.6 is 0 Å². The normalized spacial score (nSPS) is 10.4. The SMILES string of the molecule is C=C(C)c1cn2ccccc2n1. The lowest BCUT2D eigenvalue weighted by Gasteiger charge is -1.86. The van der Waals surface area contributed by atoms with Crippen LogP contribution in [-0.4, -0.2) is 9.38 Å². The van der Waals surface area contributed by atoms with Gasteiger partial charge in [-0.15, -0.1) is 0 Å². The first kappa shape index (κ1) is 7.10. The molecular formula is C10H10N2. The van der Waals surface area contributed by atoms with Crippen molar-refractivity contribution in [1.29, 1.82) is 0 Å². The molecule has 2 aromatic rings. The van der Waals surface area contributed by atoms with Gasteiger partial charge < -0.3 is 4.40 Å². The first-order chi connectivity index (χ1) is 5.77. The highest BCUT2D eigenvalue weighted by Crippen LogP contribution is 2.11. The van der Waals surface area contributed by atoms with Crippen LogP contribution < -0.4 is 0 Å². The quantitative estimate of drug-likeness (QED) is 0.622. The number of rotatable bonds is 1. The molecule has 2 rings (SSSR count). The number of imidazole rings is 1. The van der Waals surface area contributed by atoms with Crippen LogP contribution in [0.4, 0.5) is 0 Å². The maximum absolute atomic E-state index is 4.38. The van der Waals surface area contributed by atoms with Crippen LogP contribution in [0, 0.1) is 0 Å². The molecule has 0 unspecified atom stereocenters. The second kappa shape index (κ2) is 2.48. The smallest absolute Gasteiger partial charge is 0.137 e. The largest absolute Gasteiger partial charge is 0.306 e. The Kier molecular flexibility index (Phi) is 1.47. The van der Waals surface area contributed by atoms with Gasteiger partial charge in [0.25, 0.3) is 0 Å². The Balaban J connectivity index is 2.70. The van der Waals surface area contributed by atoms with Crippen LogP contribution in [0.15, 0.2) is 37.2 Å². The van der Waals surface area contributed by atoms with Crippen molar-refractivity contribution in [3.05, 3.63) is 42.9 Å². The molecule has 2 heteroatoms. The van der Waals surface area contributed by atoms with E-state index in [0.29, 0.717) is 0 Å². The molecule has 0 saturated heterocycles. The van der Waals surface area contributed by atoms with E-state index in [0.717, 1.165) is 16.9 Å². The third kappa shape index (κ3) is 1.01. The van der Waals surface area contributed by atoms with Crippen molar-refractivity contribution in [2.24, 2.45) is 0 Å². The predicted octanol–water partition coefficient (Wildman–Crippen LogP) is 2.37. The number of nitrogens with zero attached hydrogens (tertiary/aromatic N) is 2. The summed E-state index contributed by atoms with van der Waals surface area (Å²) < 4.78 is 1.99. The average Bonchev–Trinajstić information content (AvgIpc) is 2.46. The van der Waals surface area contributed by atoms with Crippen LogP contribution in [0.2, 0.25) is 0 Å². The lowest BCUT2D eigenvalue weighted by molar-refractivity contribution is 1.19. The van der Waals surface area contributed by atoms with Crippen molar-refractivity contribution in [3.63, 3.8) is 0 Å². The molecule has 0 aromatic carbocycles. The summed E-state index contributed by atoms with van der Waals surface area (Å²) in [6, 6.07) is 5.94. The topological polar surface area (TPSA) is 17.3 Å². The molecule has 0 aliphatic carbocycles. The molecule has 0 amide bonds. The summed E-state index contributed by atoms with van der Waals surface area (Å²) in [7, 11) is 0. The highest BCUT2D eigenvalue weighted by molar-refractivity contribution is 5.60. The number of hydrogen-bond donors (Lipinski definition) is 0. The first-order valence-electron chi connectivity index (χ1n) is 3.87. The summed E-state index contributed by atoms with van der Waals surface area (Å²) in [5.74, 6) is 0. The first-order valence-corrected chi connectivity index (χ1v) is 3.87. The Morgan fingerprint density at radius 3 is 3.00 bits per heavy atom. The van der Waals surface area contributed by atoms with Gasteiger partial charge in [0.2, 0.25) is 0 Å². The Morgan fingerprint density at radius 2 is 2.33 bits per heavy atom. The Morgan fingerprint density at radius 1 is 1.50 bits per heavy atom. The van der Waals surface area contributed by atoms with E-state index in [1.165, 1.54) is 0 Å². The zero-order valence-corrected chi connectivity index (χ0v) is 6.99. The summed E-state index contributed by atoms with van der Waals surface area (Å²) in [6.07, 6.45) is 3.96. The third-order valence-corrected chi connectivity index (χ3v) is 1.80. The summed E-state index contributed by atoms with van der Waals surface area (Å²) in [4.78, 5) is 4.38. The zero-order valence-electron chi connectivity index (χ0n) is 6.99. The molecule has 0 atom stereocenters. The van der Waals surface area contributed by atoms with E-state index in [9.17, 15) is 0 Å². The minimum atomic E-state index is 0.959. The minimum absolute atomic E-state index is 0.959. The van der Waals surface area contributed by atoms with Crippen LogP contribution in [0.5, 0.6) is 0 Å². The summed E-state index contributed by atoms with van der Waals surface area (Å²) in [5, 5.41) is 0. The molecule has 0 N–H and O–H groups in total. The maximum atomic E-state index is 4.38. The molecule has 2 aromatic heterocycles. The Bertz CT molecular complexity index is 393. The lowest BCUT2D eigenvalue weighted by Crippen LogP contribution is -1.77. The van der Waals surface area contributed by atoms with Crippen molar-refractivity contribution < 1.29 is 0 Å². The minimum Gasteiger partial charge on any atom is -0.306 e. The van der Waals surface area contributed by atoms with Crippen molar-refractivity contribution in [3.8, 4) is 0 Å². The van der Waals surface area contributed by atoms with Crippen molar-refractivity contribution >= 4 is 11.2 Å². The van der Waals surface area contributed by atoms with E-state index in [-0.39, 0.29) is 0 Å². The molecule has 0 saturated carbocycles. The fourth-order valence-corrected chi connectivity index (χ4v) is 1.14. The van der Waals surface area contributed by atoms with E-state index in [4.69, 9.17) is 0 Å². The maximum Gasteiger partial charge on any atom is 0.137 e. The molecule has 0 aliphatic rings. The molecule has 12 heavy (non-hydrogen) atoms. The van der Waals surface area contributed by atoms with E-state index >= 15 is 0 Å². The molecule has 0 bridgehead atoms. The van der Waals surface area contributed by atoms with Crippen LogP contribution in [0.1, 0.15) is 12.6 Å². The Hall–Kier alpha value is -1.57. The van der Waals surface area contributed by atoms with Gasteiger partial charge in [0.15, 0.2) is 0 Å². The molecule has 2 heterocycles. The van der Waals surface area contributed by atoms with Crippen molar-refractivity contribution in [2.75, 3.05) is 0 Å². The number of aromatic nitrogens is 2. The standard InChI is InChI=1S/C10H10N2/c1-8(2)9-7-12-6-4-3-5-10(12)11-9/h3-7H,1H2,2H3. The molecule has 0 radical (unpaired) electrons. The second-order valence-corrected chi connectivity index (χ2v) is 2.87. The fourth-order valence-electron chi connectivity index (χ4n) is 1.14. The zero-order chi connectivity index (χ0) is 8.55. The van der Waals surface area contributed by atoms with Gasteiger partial charge >= 0.3 is 0 Å². The van der Waals surface area contributed by atoms with Gasteiger partial charge in [0.1, 0.15) is 5.65 Å². The molecule has 2 nitrogen and oxygen atoms in total. The monoisotopic (exact) mass is 158 g/mol. The van der Waals surface area contributed by atoms with Gasteiger partial charge in [0, 0.05) is 12.4 Å². The molecule has 0 spiro atoms. The third-order valence-electron chi connectivity index (χ3n) is 1.80. The summed E-state index contributed by atoms with van der Waals surface area (Å²) >= 11 is 0. The van der Waals surface area contributed by atoms with E-state index in [2.05, 4.69) is 11.6 Å². The fraction of sp³-hybridized carbons (Fsp3) is 0.100. The van der Waals surface area contributed by atoms with Crippen LogP contribution in [-0.2, 0) is 0 Å². The van der Waals surface area contributed by atoms with E-state index in [1.54, 1.807) is 0 Å². The predicted molar refractivity (Wildman–Crippen MR) is 49.9 cm³/mol. The Labute approximate surface area is 71.2 Å². The van der Waals surface area contributed by atoms with Gasteiger partial charge in [-0.2, -0.15) is 0 Å².